The van der Waals surface area contributed by atoms with Gasteiger partial charge in [-0.2, -0.15) is 0 Å². The molecule has 0 spiro atoms. The summed E-state index contributed by atoms with van der Waals surface area (Å²) in [6, 6.07) is 1.29. The average Bonchev–Trinajstić information content (AvgIpc) is 2.87. The Morgan fingerprint density at radius 3 is 3.00 bits per heavy atom. The molecule has 2 unspecified atom stereocenters. The van der Waals surface area contributed by atoms with Gasteiger partial charge in [-0.1, -0.05) is 25.4 Å². The maximum atomic E-state index is 12.5. The summed E-state index contributed by atoms with van der Waals surface area (Å²) in [4.78, 5) is 25.8. The number of hydrogen-bond donors (Lipinski definition) is 1. The smallest absolute Gasteiger partial charge is 0.245 e. The molecule has 1 saturated heterocycles. The molecule has 1 aromatic heterocycles. The molecule has 0 aliphatic carbocycles. The second-order valence-electron chi connectivity index (χ2n) is 4.93. The molecule has 19 heavy (non-hydrogen) atoms. The van der Waals surface area contributed by atoms with Crippen LogP contribution in [-0.2, 0) is 16.1 Å². The van der Waals surface area contributed by atoms with E-state index in [9.17, 15) is 9.59 Å². The highest BCUT2D eigenvalue weighted by Gasteiger charge is 2.33. The zero-order valence-electron chi connectivity index (χ0n) is 11.3. The van der Waals surface area contributed by atoms with Crippen molar-refractivity contribution in [3.8, 4) is 0 Å². The van der Waals surface area contributed by atoms with Gasteiger partial charge in [0.05, 0.1) is 6.54 Å². The highest BCUT2D eigenvalue weighted by Crippen LogP contribution is 2.16. The van der Waals surface area contributed by atoms with Crippen molar-refractivity contribution >= 4 is 11.8 Å². The van der Waals surface area contributed by atoms with Crippen LogP contribution in [0, 0.1) is 5.92 Å². The molecule has 6 nitrogen and oxygen atoms in total. The van der Waals surface area contributed by atoms with Crippen molar-refractivity contribution in [1.29, 1.82) is 0 Å². The van der Waals surface area contributed by atoms with Gasteiger partial charge in [-0.25, -0.2) is 0 Å². The number of carbonyl (C=O) groups excluding carboxylic acids is 2. The Morgan fingerprint density at radius 1 is 1.58 bits per heavy atom. The quantitative estimate of drug-likeness (QED) is 0.879. The van der Waals surface area contributed by atoms with Crippen LogP contribution in [-0.4, -0.2) is 34.5 Å². The Labute approximate surface area is 112 Å². The van der Waals surface area contributed by atoms with E-state index in [1.165, 1.54) is 6.26 Å². The normalized spacial score (nSPS) is 22.0. The fourth-order valence-corrected chi connectivity index (χ4v) is 2.14. The molecular weight excluding hydrogens is 246 g/mol. The second kappa shape index (κ2) is 5.86. The van der Waals surface area contributed by atoms with Crippen LogP contribution >= 0.6 is 0 Å². The number of amides is 2. The van der Waals surface area contributed by atoms with Crippen LogP contribution in [0.2, 0.25) is 0 Å². The minimum Gasteiger partial charge on any atom is -0.364 e. The highest BCUT2D eigenvalue weighted by atomic mass is 16.5. The summed E-state index contributed by atoms with van der Waals surface area (Å²) >= 11 is 0. The number of hydrogen-bond acceptors (Lipinski definition) is 4. The van der Waals surface area contributed by atoms with Gasteiger partial charge in [-0.3, -0.25) is 9.59 Å². The zero-order chi connectivity index (χ0) is 13.8. The second-order valence-corrected chi connectivity index (χ2v) is 4.93. The molecule has 1 aromatic rings. The van der Waals surface area contributed by atoms with Crippen LogP contribution in [0.4, 0.5) is 0 Å². The van der Waals surface area contributed by atoms with Crippen LogP contribution in [0.1, 0.15) is 32.4 Å². The lowest BCUT2D eigenvalue weighted by Crippen LogP contribution is -2.48. The molecule has 2 atom stereocenters. The van der Waals surface area contributed by atoms with Crippen molar-refractivity contribution in [3.63, 3.8) is 0 Å². The highest BCUT2D eigenvalue weighted by molar-refractivity contribution is 5.90. The average molecular weight is 265 g/mol. The maximum absolute atomic E-state index is 12.5. The standard InChI is InChI=1S/C13H19N3O3/c1-3-9(2)12-13(18)16(6-4-11(17)14-12)8-10-5-7-19-15-10/h5,7,9,12H,3-4,6,8H2,1-2H3,(H,14,17). The Bertz CT molecular complexity index is 444. The van der Waals surface area contributed by atoms with E-state index in [1.54, 1.807) is 11.0 Å². The molecule has 2 heterocycles. The van der Waals surface area contributed by atoms with Gasteiger partial charge in [0.1, 0.15) is 18.0 Å². The zero-order valence-corrected chi connectivity index (χ0v) is 11.3. The Balaban J connectivity index is 2.13. The summed E-state index contributed by atoms with van der Waals surface area (Å²) in [7, 11) is 0. The molecule has 0 radical (unpaired) electrons. The first-order valence-corrected chi connectivity index (χ1v) is 6.59. The van der Waals surface area contributed by atoms with Crippen molar-refractivity contribution in [3.05, 3.63) is 18.0 Å². The SMILES string of the molecule is CCC(C)C1NC(=O)CCN(Cc2ccon2)C1=O. The molecular formula is C13H19N3O3. The summed E-state index contributed by atoms with van der Waals surface area (Å²) in [6.45, 7) is 4.79. The Hall–Kier alpha value is -1.85. The van der Waals surface area contributed by atoms with E-state index in [-0.39, 0.29) is 17.7 Å². The number of nitrogens with zero attached hydrogens (tertiary/aromatic N) is 2. The first-order chi connectivity index (χ1) is 9.11. The molecule has 2 amide bonds. The van der Waals surface area contributed by atoms with Crippen molar-refractivity contribution < 1.29 is 14.1 Å². The fraction of sp³-hybridized carbons (Fsp3) is 0.615. The van der Waals surface area contributed by atoms with Gasteiger partial charge in [0, 0.05) is 19.0 Å². The van der Waals surface area contributed by atoms with Gasteiger partial charge >= 0.3 is 0 Å². The van der Waals surface area contributed by atoms with Crippen LogP contribution in [0.3, 0.4) is 0 Å². The van der Waals surface area contributed by atoms with E-state index in [0.29, 0.717) is 25.2 Å². The Morgan fingerprint density at radius 2 is 2.37 bits per heavy atom. The number of nitrogens with one attached hydrogen (secondary N) is 1. The maximum Gasteiger partial charge on any atom is 0.245 e. The van der Waals surface area contributed by atoms with Crippen LogP contribution < -0.4 is 5.32 Å². The molecule has 6 heteroatoms. The van der Waals surface area contributed by atoms with Crippen molar-refractivity contribution in [1.82, 2.24) is 15.4 Å². The van der Waals surface area contributed by atoms with Gasteiger partial charge in [0.2, 0.25) is 11.8 Å². The summed E-state index contributed by atoms with van der Waals surface area (Å²) < 4.78 is 4.77. The summed E-state index contributed by atoms with van der Waals surface area (Å²) in [5, 5.41) is 6.63. The van der Waals surface area contributed by atoms with E-state index in [0.717, 1.165) is 6.42 Å². The van der Waals surface area contributed by atoms with Crippen molar-refractivity contribution in [2.45, 2.75) is 39.3 Å². The van der Waals surface area contributed by atoms with Crippen LogP contribution in [0.15, 0.2) is 16.9 Å². The fourth-order valence-electron chi connectivity index (χ4n) is 2.14. The summed E-state index contributed by atoms with van der Waals surface area (Å²) in [5.41, 5.74) is 0.700. The molecule has 1 N–H and O–H groups in total. The minimum atomic E-state index is -0.438. The monoisotopic (exact) mass is 265 g/mol. The molecule has 1 fully saturated rings. The minimum absolute atomic E-state index is 0.0387. The largest absolute Gasteiger partial charge is 0.364 e. The third-order valence-corrected chi connectivity index (χ3v) is 3.56. The molecule has 0 aromatic carbocycles. The van der Waals surface area contributed by atoms with E-state index in [2.05, 4.69) is 10.5 Å². The molecule has 0 bridgehead atoms. The van der Waals surface area contributed by atoms with Gasteiger partial charge in [0.25, 0.3) is 0 Å². The van der Waals surface area contributed by atoms with Gasteiger partial charge < -0.3 is 14.7 Å². The summed E-state index contributed by atoms with van der Waals surface area (Å²) in [6.07, 6.45) is 2.65. The Kier molecular flexibility index (Phi) is 4.19. The third kappa shape index (κ3) is 3.13. The molecule has 1 aliphatic rings. The lowest BCUT2D eigenvalue weighted by atomic mass is 9.98. The van der Waals surface area contributed by atoms with E-state index in [1.807, 2.05) is 13.8 Å². The first kappa shape index (κ1) is 13.6. The number of aromatic nitrogens is 1. The molecule has 2 rings (SSSR count). The van der Waals surface area contributed by atoms with E-state index >= 15 is 0 Å². The van der Waals surface area contributed by atoms with Crippen LogP contribution in [0.25, 0.3) is 0 Å². The lowest BCUT2D eigenvalue weighted by Gasteiger charge is -2.26. The van der Waals surface area contributed by atoms with Gasteiger partial charge in [-0.15, -0.1) is 0 Å². The van der Waals surface area contributed by atoms with Gasteiger partial charge in [0.15, 0.2) is 0 Å². The number of carbonyl (C=O) groups is 2. The topological polar surface area (TPSA) is 75.4 Å². The van der Waals surface area contributed by atoms with Crippen LogP contribution in [0.5, 0.6) is 0 Å². The predicted molar refractivity (Wildman–Crippen MR) is 67.9 cm³/mol. The first-order valence-electron chi connectivity index (χ1n) is 6.59. The van der Waals surface area contributed by atoms with Gasteiger partial charge in [-0.05, 0) is 5.92 Å². The summed E-state index contributed by atoms with van der Waals surface area (Å²) in [5.74, 6) is 0.0128. The number of rotatable bonds is 4. The van der Waals surface area contributed by atoms with Crippen molar-refractivity contribution in [2.24, 2.45) is 5.92 Å². The predicted octanol–water partition coefficient (Wildman–Crippen LogP) is 0.938. The molecule has 1 aliphatic heterocycles. The third-order valence-electron chi connectivity index (χ3n) is 3.56. The molecule has 0 saturated carbocycles. The lowest BCUT2D eigenvalue weighted by molar-refractivity contribution is -0.135. The molecule has 104 valence electrons. The van der Waals surface area contributed by atoms with Crippen molar-refractivity contribution in [2.75, 3.05) is 6.54 Å². The van der Waals surface area contributed by atoms with E-state index in [4.69, 9.17) is 4.52 Å². The van der Waals surface area contributed by atoms with E-state index < -0.39 is 6.04 Å².